The van der Waals surface area contributed by atoms with E-state index in [-0.39, 0.29) is 17.8 Å². The van der Waals surface area contributed by atoms with E-state index in [9.17, 15) is 4.79 Å². The molecule has 0 bridgehead atoms. The number of halogens is 1. The zero-order valence-electron chi connectivity index (χ0n) is 11.7. The van der Waals surface area contributed by atoms with Crippen LogP contribution in [0.15, 0.2) is 29.4 Å². The van der Waals surface area contributed by atoms with Gasteiger partial charge in [0, 0.05) is 17.3 Å². The predicted octanol–water partition coefficient (Wildman–Crippen LogP) is 3.04. The average molecular weight is 339 g/mol. The number of ether oxygens (including phenoxy) is 1. The summed E-state index contributed by atoms with van der Waals surface area (Å²) in [4.78, 5) is 16.2. The first-order valence-corrected chi connectivity index (χ1v) is 8.29. The maximum absolute atomic E-state index is 11.9. The Morgan fingerprint density at radius 2 is 2.27 bits per heavy atom. The number of nitrogens with zero attached hydrogens (tertiary/aromatic N) is 2. The van der Waals surface area contributed by atoms with Crippen molar-refractivity contribution in [1.82, 2.24) is 15.2 Å². The van der Waals surface area contributed by atoms with Crippen LogP contribution in [0.3, 0.4) is 0 Å². The van der Waals surface area contributed by atoms with Crippen molar-refractivity contribution in [3.05, 3.63) is 35.1 Å². The maximum atomic E-state index is 11.9. The minimum Gasteiger partial charge on any atom is -0.370 e. The lowest BCUT2D eigenvalue weighted by atomic mass is 10.2. The highest BCUT2D eigenvalue weighted by molar-refractivity contribution is 7.99. The molecule has 2 heterocycles. The van der Waals surface area contributed by atoms with Crippen molar-refractivity contribution in [2.75, 3.05) is 17.7 Å². The van der Waals surface area contributed by atoms with Crippen LogP contribution in [0.2, 0.25) is 5.02 Å². The van der Waals surface area contributed by atoms with E-state index in [4.69, 9.17) is 16.3 Å². The summed E-state index contributed by atoms with van der Waals surface area (Å²) in [5.41, 5.74) is 0.713. The fourth-order valence-corrected chi connectivity index (χ4v) is 2.85. The first-order valence-electron chi connectivity index (χ1n) is 6.93. The second-order valence-electron chi connectivity index (χ2n) is 4.85. The molecule has 0 spiro atoms. The van der Waals surface area contributed by atoms with Crippen molar-refractivity contribution in [1.29, 1.82) is 0 Å². The molecule has 8 heteroatoms. The minimum absolute atomic E-state index is 0.00439. The van der Waals surface area contributed by atoms with E-state index < -0.39 is 0 Å². The quantitative estimate of drug-likeness (QED) is 0.819. The third-order valence-corrected chi connectivity index (χ3v) is 4.28. The van der Waals surface area contributed by atoms with Crippen LogP contribution in [-0.4, -0.2) is 33.4 Å². The van der Waals surface area contributed by atoms with Gasteiger partial charge >= 0.3 is 0 Å². The Balaban J connectivity index is 1.49. The number of anilines is 1. The first kappa shape index (κ1) is 15.3. The second-order valence-corrected chi connectivity index (χ2v) is 6.23. The maximum Gasteiger partial charge on any atom is 0.234 e. The summed E-state index contributed by atoms with van der Waals surface area (Å²) in [5, 5.41) is 11.0. The highest BCUT2D eigenvalue weighted by atomic mass is 35.5. The zero-order chi connectivity index (χ0) is 15.4. The number of hydrogen-bond donors (Lipinski definition) is 2. The van der Waals surface area contributed by atoms with Crippen molar-refractivity contribution >= 4 is 35.0 Å². The molecule has 0 radical (unpaired) electrons. The van der Waals surface area contributed by atoms with Crippen molar-refractivity contribution in [2.24, 2.45) is 0 Å². The molecule has 1 aromatic carbocycles. The number of aromatic amines is 1. The average Bonchev–Trinajstić information content (AvgIpc) is 3.18. The minimum atomic E-state index is -0.115. The van der Waals surface area contributed by atoms with Crippen LogP contribution in [0.25, 0.3) is 0 Å². The van der Waals surface area contributed by atoms with Gasteiger partial charge in [-0.1, -0.05) is 23.4 Å². The number of rotatable bonds is 5. The van der Waals surface area contributed by atoms with Crippen LogP contribution in [0.5, 0.6) is 0 Å². The molecule has 0 aliphatic carbocycles. The van der Waals surface area contributed by atoms with Crippen molar-refractivity contribution < 1.29 is 9.53 Å². The van der Waals surface area contributed by atoms with Crippen LogP contribution in [-0.2, 0) is 9.53 Å². The van der Waals surface area contributed by atoms with Gasteiger partial charge < -0.3 is 10.1 Å². The molecule has 1 amide bonds. The van der Waals surface area contributed by atoms with Gasteiger partial charge in [-0.25, -0.2) is 4.98 Å². The van der Waals surface area contributed by atoms with Crippen LogP contribution in [0, 0.1) is 0 Å². The Morgan fingerprint density at radius 3 is 3.00 bits per heavy atom. The number of H-pyrrole nitrogens is 1. The number of nitrogens with one attached hydrogen (secondary N) is 2. The highest BCUT2D eigenvalue weighted by Crippen LogP contribution is 2.27. The summed E-state index contributed by atoms with van der Waals surface area (Å²) in [6.07, 6.45) is 2.00. The van der Waals surface area contributed by atoms with Gasteiger partial charge in [-0.3, -0.25) is 9.89 Å². The van der Waals surface area contributed by atoms with E-state index in [0.29, 0.717) is 15.9 Å². The Kier molecular flexibility index (Phi) is 4.97. The molecule has 1 aliphatic rings. The van der Waals surface area contributed by atoms with Gasteiger partial charge in [0.05, 0.1) is 5.75 Å². The molecule has 1 aromatic heterocycles. The molecular weight excluding hydrogens is 324 g/mol. The van der Waals surface area contributed by atoms with Crippen LogP contribution in [0.1, 0.15) is 24.8 Å². The van der Waals surface area contributed by atoms with Crippen LogP contribution < -0.4 is 5.32 Å². The van der Waals surface area contributed by atoms with E-state index in [1.807, 2.05) is 0 Å². The molecule has 1 aliphatic heterocycles. The molecular formula is C14H15ClN4O2S. The van der Waals surface area contributed by atoms with Gasteiger partial charge in [0.25, 0.3) is 0 Å². The van der Waals surface area contributed by atoms with Crippen molar-refractivity contribution in [3.63, 3.8) is 0 Å². The number of carbonyl (C=O) groups is 1. The smallest absolute Gasteiger partial charge is 0.234 e. The summed E-state index contributed by atoms with van der Waals surface area (Å²) in [7, 11) is 0. The fraction of sp³-hybridized carbons (Fsp3) is 0.357. The van der Waals surface area contributed by atoms with Gasteiger partial charge in [0.2, 0.25) is 11.1 Å². The van der Waals surface area contributed by atoms with Gasteiger partial charge in [0.15, 0.2) is 5.82 Å². The Labute approximate surface area is 137 Å². The fourth-order valence-electron chi connectivity index (χ4n) is 2.12. The van der Waals surface area contributed by atoms with E-state index in [1.54, 1.807) is 24.3 Å². The van der Waals surface area contributed by atoms with Gasteiger partial charge in [-0.15, -0.1) is 5.10 Å². The molecule has 22 heavy (non-hydrogen) atoms. The predicted molar refractivity (Wildman–Crippen MR) is 85.1 cm³/mol. The molecule has 1 fully saturated rings. The molecule has 116 valence electrons. The summed E-state index contributed by atoms with van der Waals surface area (Å²) < 4.78 is 5.53. The van der Waals surface area contributed by atoms with E-state index in [1.165, 1.54) is 11.8 Å². The largest absolute Gasteiger partial charge is 0.370 e. The third-order valence-electron chi connectivity index (χ3n) is 3.18. The molecule has 0 unspecified atom stereocenters. The Hall–Kier alpha value is -1.57. The number of thioether (sulfide) groups is 1. The molecule has 2 N–H and O–H groups in total. The normalized spacial score (nSPS) is 17.6. The molecule has 3 rings (SSSR count). The lowest BCUT2D eigenvalue weighted by molar-refractivity contribution is -0.113. The molecule has 2 aromatic rings. The van der Waals surface area contributed by atoms with Gasteiger partial charge in [0.1, 0.15) is 6.10 Å². The topological polar surface area (TPSA) is 79.9 Å². The number of carbonyl (C=O) groups excluding carboxylic acids is 1. The second kappa shape index (κ2) is 7.13. The van der Waals surface area contributed by atoms with Crippen LogP contribution in [0.4, 0.5) is 5.69 Å². The summed E-state index contributed by atoms with van der Waals surface area (Å²) in [5.74, 6) is 0.861. The highest BCUT2D eigenvalue weighted by Gasteiger charge is 2.21. The summed E-state index contributed by atoms with van der Waals surface area (Å²) in [6, 6.07) is 6.97. The first-order chi connectivity index (χ1) is 10.7. The van der Waals surface area contributed by atoms with E-state index in [0.717, 1.165) is 25.3 Å². The third kappa shape index (κ3) is 4.00. The summed E-state index contributed by atoms with van der Waals surface area (Å²) in [6.45, 7) is 0.761. The molecule has 0 saturated carbocycles. The van der Waals surface area contributed by atoms with Gasteiger partial charge in [-0.2, -0.15) is 0 Å². The molecule has 6 nitrogen and oxygen atoms in total. The Bertz CT molecular complexity index is 641. The SMILES string of the molecule is O=C(CSc1n[nH]c([C@@H]2CCCO2)n1)Nc1ccc(Cl)cc1. The van der Waals surface area contributed by atoms with Crippen molar-refractivity contribution in [2.45, 2.75) is 24.1 Å². The van der Waals surface area contributed by atoms with E-state index in [2.05, 4.69) is 20.5 Å². The monoisotopic (exact) mass is 338 g/mol. The number of amides is 1. The van der Waals surface area contributed by atoms with Crippen LogP contribution >= 0.6 is 23.4 Å². The van der Waals surface area contributed by atoms with E-state index >= 15 is 0 Å². The summed E-state index contributed by atoms with van der Waals surface area (Å²) >= 11 is 7.08. The molecule has 1 saturated heterocycles. The number of aromatic nitrogens is 3. The Morgan fingerprint density at radius 1 is 1.45 bits per heavy atom. The zero-order valence-corrected chi connectivity index (χ0v) is 13.3. The standard InChI is InChI=1S/C14H15ClN4O2S/c15-9-3-5-10(6-4-9)16-12(20)8-22-14-17-13(18-19-14)11-2-1-7-21-11/h3-6,11H,1-2,7-8H2,(H,16,20)(H,17,18,19)/t11-/m0/s1. The number of benzene rings is 1. The molecule has 1 atom stereocenters. The lowest BCUT2D eigenvalue weighted by Gasteiger charge is -2.04. The lowest BCUT2D eigenvalue weighted by Crippen LogP contribution is -2.13. The van der Waals surface area contributed by atoms with Gasteiger partial charge in [-0.05, 0) is 37.1 Å². The van der Waals surface area contributed by atoms with Crippen molar-refractivity contribution in [3.8, 4) is 0 Å². The number of hydrogen-bond acceptors (Lipinski definition) is 5.